The van der Waals surface area contributed by atoms with Crippen LogP contribution in [0.3, 0.4) is 0 Å². The second-order valence-corrected chi connectivity index (χ2v) is 6.33. The first-order valence-electron chi connectivity index (χ1n) is 5.86. The van der Waals surface area contributed by atoms with E-state index in [-0.39, 0.29) is 4.90 Å². The smallest absolute Gasteiger partial charge is 0.267 e. The normalized spacial score (nSPS) is 11.7. The average Bonchev–Trinajstić information content (AvgIpc) is 2.84. The van der Waals surface area contributed by atoms with Gasteiger partial charge in [0.15, 0.2) is 0 Å². The van der Waals surface area contributed by atoms with E-state index < -0.39 is 15.9 Å². The summed E-state index contributed by atoms with van der Waals surface area (Å²) in [5, 5.41) is 4.28. The van der Waals surface area contributed by atoms with E-state index in [1.807, 2.05) is 4.72 Å². The minimum absolute atomic E-state index is 0.0745. The van der Waals surface area contributed by atoms with E-state index in [2.05, 4.69) is 5.10 Å². The summed E-state index contributed by atoms with van der Waals surface area (Å²) >= 11 is 5.81. The van der Waals surface area contributed by atoms with Gasteiger partial charge < -0.3 is 0 Å². The lowest BCUT2D eigenvalue weighted by Gasteiger charge is -2.01. The number of nitrogens with zero attached hydrogens (tertiary/aromatic N) is 2. The van der Waals surface area contributed by atoms with E-state index in [1.165, 1.54) is 17.0 Å². The number of amides is 1. The molecule has 0 spiro atoms. The summed E-state index contributed by atoms with van der Waals surface area (Å²) < 4.78 is 27.0. The van der Waals surface area contributed by atoms with Crippen molar-refractivity contribution in [3.05, 3.63) is 53.3 Å². The van der Waals surface area contributed by atoms with Crippen molar-refractivity contribution in [3.63, 3.8) is 0 Å². The lowest BCUT2D eigenvalue weighted by molar-refractivity contribution is -0.114. The summed E-state index contributed by atoms with van der Waals surface area (Å²) in [6, 6.07) is 6.82. The summed E-state index contributed by atoms with van der Waals surface area (Å²) in [5.74, 6) is -0.751. The van der Waals surface area contributed by atoms with Crippen molar-refractivity contribution >= 4 is 33.6 Å². The minimum Gasteiger partial charge on any atom is -0.274 e. The fourth-order valence-corrected chi connectivity index (χ4v) is 2.67. The van der Waals surface area contributed by atoms with Crippen LogP contribution in [0.5, 0.6) is 0 Å². The molecular formula is C13H12ClN3O3S. The van der Waals surface area contributed by atoms with Crippen molar-refractivity contribution in [2.45, 2.75) is 4.90 Å². The van der Waals surface area contributed by atoms with Crippen molar-refractivity contribution in [1.29, 1.82) is 0 Å². The fourth-order valence-electron chi connectivity index (χ4n) is 1.55. The molecule has 21 heavy (non-hydrogen) atoms. The molecule has 0 aliphatic heterocycles. The number of rotatable bonds is 4. The number of aromatic nitrogens is 2. The molecule has 110 valence electrons. The van der Waals surface area contributed by atoms with Crippen LogP contribution in [0.4, 0.5) is 0 Å². The van der Waals surface area contributed by atoms with Crippen molar-refractivity contribution in [1.82, 2.24) is 14.5 Å². The third kappa shape index (κ3) is 4.17. The Labute approximate surface area is 127 Å². The Kier molecular flexibility index (Phi) is 4.44. The van der Waals surface area contributed by atoms with E-state index in [0.717, 1.165) is 12.3 Å². The van der Waals surface area contributed by atoms with Gasteiger partial charge in [-0.25, -0.2) is 13.1 Å². The largest absolute Gasteiger partial charge is 0.274 e. The molecule has 1 aromatic heterocycles. The topological polar surface area (TPSA) is 81.1 Å². The summed E-state index contributed by atoms with van der Waals surface area (Å²) in [6.07, 6.45) is 5.06. The lowest BCUT2D eigenvalue weighted by Crippen LogP contribution is -2.28. The van der Waals surface area contributed by atoms with Crippen molar-refractivity contribution in [3.8, 4) is 0 Å². The van der Waals surface area contributed by atoms with Gasteiger partial charge in [-0.15, -0.1) is 0 Å². The zero-order valence-electron chi connectivity index (χ0n) is 11.0. The van der Waals surface area contributed by atoms with E-state index >= 15 is 0 Å². The average molecular weight is 326 g/mol. The molecule has 0 aliphatic rings. The zero-order chi connectivity index (χ0) is 15.5. The zero-order valence-corrected chi connectivity index (χ0v) is 12.6. The van der Waals surface area contributed by atoms with Crippen molar-refractivity contribution < 1.29 is 13.2 Å². The fraction of sp³-hybridized carbons (Fsp3) is 0.0769. The first-order chi connectivity index (χ1) is 9.87. The molecule has 1 aromatic carbocycles. The maximum absolute atomic E-state index is 11.9. The molecule has 0 radical (unpaired) electrons. The van der Waals surface area contributed by atoms with Gasteiger partial charge in [-0.1, -0.05) is 23.7 Å². The van der Waals surface area contributed by atoms with Gasteiger partial charge in [0.1, 0.15) is 4.90 Å². The Hall–Kier alpha value is -2.12. The maximum atomic E-state index is 11.9. The Balaban J connectivity index is 2.08. The number of carbonyl (C=O) groups is 1. The van der Waals surface area contributed by atoms with E-state index in [4.69, 9.17) is 11.6 Å². The Morgan fingerprint density at radius 1 is 1.43 bits per heavy atom. The third-order valence-corrected chi connectivity index (χ3v) is 4.04. The van der Waals surface area contributed by atoms with Gasteiger partial charge in [-0.3, -0.25) is 9.48 Å². The SMILES string of the molecule is Cn1cc(S(=O)(=O)NC(=O)/C=C/c2cccc(Cl)c2)cn1. The van der Waals surface area contributed by atoms with Crippen LogP contribution in [-0.2, 0) is 21.9 Å². The molecular weight excluding hydrogens is 314 g/mol. The Morgan fingerprint density at radius 2 is 2.19 bits per heavy atom. The van der Waals surface area contributed by atoms with Gasteiger partial charge in [0.2, 0.25) is 0 Å². The second-order valence-electron chi connectivity index (χ2n) is 4.21. The highest BCUT2D eigenvalue weighted by Gasteiger charge is 2.17. The summed E-state index contributed by atoms with van der Waals surface area (Å²) in [7, 11) is -2.33. The number of sulfonamides is 1. The van der Waals surface area contributed by atoms with Gasteiger partial charge in [0.25, 0.3) is 15.9 Å². The van der Waals surface area contributed by atoms with E-state index in [0.29, 0.717) is 10.6 Å². The first-order valence-corrected chi connectivity index (χ1v) is 7.72. The van der Waals surface area contributed by atoms with Crippen molar-refractivity contribution in [2.24, 2.45) is 7.05 Å². The summed E-state index contributed by atoms with van der Waals surface area (Å²) in [5.41, 5.74) is 0.691. The molecule has 0 fully saturated rings. The number of benzene rings is 1. The monoisotopic (exact) mass is 325 g/mol. The Bertz CT molecular complexity index is 796. The number of hydrogen-bond donors (Lipinski definition) is 1. The molecule has 0 unspecified atom stereocenters. The second kappa shape index (κ2) is 6.11. The maximum Gasteiger partial charge on any atom is 0.267 e. The van der Waals surface area contributed by atoms with Crippen LogP contribution in [0.15, 0.2) is 47.6 Å². The van der Waals surface area contributed by atoms with Crippen LogP contribution in [0, 0.1) is 0 Å². The van der Waals surface area contributed by atoms with Crippen LogP contribution >= 0.6 is 11.6 Å². The standard InChI is InChI=1S/C13H12ClN3O3S/c1-17-9-12(8-15-17)21(19,20)16-13(18)6-5-10-3-2-4-11(14)7-10/h2-9H,1H3,(H,16,18)/b6-5+. The minimum atomic E-state index is -3.91. The summed E-state index contributed by atoms with van der Waals surface area (Å²) in [6.45, 7) is 0. The lowest BCUT2D eigenvalue weighted by atomic mass is 10.2. The number of carbonyl (C=O) groups excluding carboxylic acids is 1. The molecule has 0 saturated heterocycles. The van der Waals surface area contributed by atoms with Crippen LogP contribution in [0.25, 0.3) is 6.08 Å². The van der Waals surface area contributed by atoms with Gasteiger partial charge in [0, 0.05) is 24.3 Å². The molecule has 8 heteroatoms. The molecule has 0 saturated carbocycles. The molecule has 1 amide bonds. The first kappa shape index (κ1) is 15.3. The molecule has 1 heterocycles. The van der Waals surface area contributed by atoms with Gasteiger partial charge in [0.05, 0.1) is 6.20 Å². The highest BCUT2D eigenvalue weighted by atomic mass is 35.5. The Morgan fingerprint density at radius 3 is 2.81 bits per heavy atom. The van der Waals surface area contributed by atoms with Gasteiger partial charge >= 0.3 is 0 Å². The van der Waals surface area contributed by atoms with E-state index in [9.17, 15) is 13.2 Å². The highest BCUT2D eigenvalue weighted by Crippen LogP contribution is 2.12. The number of hydrogen-bond acceptors (Lipinski definition) is 4. The number of nitrogens with one attached hydrogen (secondary N) is 1. The molecule has 0 atom stereocenters. The molecule has 0 bridgehead atoms. The van der Waals surface area contributed by atoms with Crippen LogP contribution in [0.1, 0.15) is 5.56 Å². The molecule has 6 nitrogen and oxygen atoms in total. The van der Waals surface area contributed by atoms with Gasteiger partial charge in [-0.05, 0) is 23.8 Å². The summed E-state index contributed by atoms with van der Waals surface area (Å²) in [4.78, 5) is 11.6. The van der Waals surface area contributed by atoms with Crippen LogP contribution < -0.4 is 4.72 Å². The number of halogens is 1. The van der Waals surface area contributed by atoms with Gasteiger partial charge in [-0.2, -0.15) is 5.10 Å². The predicted octanol–water partition coefficient (Wildman–Crippen LogP) is 1.59. The van der Waals surface area contributed by atoms with E-state index in [1.54, 1.807) is 31.3 Å². The third-order valence-electron chi connectivity index (χ3n) is 2.50. The van der Waals surface area contributed by atoms with Crippen molar-refractivity contribution in [2.75, 3.05) is 0 Å². The molecule has 2 aromatic rings. The molecule has 2 rings (SSSR count). The quantitative estimate of drug-likeness (QED) is 0.866. The molecule has 0 aliphatic carbocycles. The van der Waals surface area contributed by atoms with Crippen LogP contribution in [0.2, 0.25) is 5.02 Å². The van der Waals surface area contributed by atoms with Crippen LogP contribution in [-0.4, -0.2) is 24.1 Å². The predicted molar refractivity (Wildman–Crippen MR) is 79.0 cm³/mol. The molecule has 1 N–H and O–H groups in total. The highest BCUT2D eigenvalue weighted by molar-refractivity contribution is 7.90. The number of aryl methyl sites for hydroxylation is 1.